The number of nitrogens with one attached hydrogen (secondary N) is 1. The first kappa shape index (κ1) is 19.8. The molecule has 2 aromatic rings. The number of amides is 3. The third-order valence-corrected chi connectivity index (χ3v) is 5.36. The number of nitrogens with zero attached hydrogens (tertiary/aromatic N) is 3. The molecule has 0 bridgehead atoms. The molecule has 0 spiro atoms. The van der Waals surface area contributed by atoms with Gasteiger partial charge in [-0.15, -0.1) is 0 Å². The molecule has 1 aromatic heterocycles. The maximum atomic E-state index is 13.0. The number of rotatable bonds is 6. The maximum Gasteiger partial charge on any atom is 0.319 e. The fourth-order valence-electron chi connectivity index (χ4n) is 3.61. The van der Waals surface area contributed by atoms with Crippen molar-refractivity contribution in [3.05, 3.63) is 57.5 Å². The molecule has 1 saturated heterocycles. The largest absolute Gasteiger partial charge is 0.454 e. The molecule has 1 N–H and O–H groups in total. The van der Waals surface area contributed by atoms with Crippen molar-refractivity contribution in [2.24, 2.45) is 0 Å². The summed E-state index contributed by atoms with van der Waals surface area (Å²) >= 11 is 0. The van der Waals surface area contributed by atoms with Crippen LogP contribution in [0.5, 0.6) is 11.5 Å². The van der Waals surface area contributed by atoms with E-state index in [9.17, 15) is 14.4 Å². The zero-order chi connectivity index (χ0) is 21.3. The standard InChI is InChI=1S/C21H24N4O5/c1-14-5-7-25(12-15-3-4-16-17(11-15)30-13-29-16)20(27)18(14)19(26)22-6-8-24-10-9-23(2)21(24)28/h3-5,7,11H,6,8-10,12-13H2,1-2H3,(H,22,26). The number of carbonyl (C=O) groups excluding carboxylic acids is 2. The molecule has 2 aliphatic rings. The van der Waals surface area contributed by atoms with Crippen LogP contribution < -0.4 is 20.3 Å². The Balaban J connectivity index is 1.45. The molecule has 0 unspecified atom stereocenters. The van der Waals surface area contributed by atoms with Crippen molar-refractivity contribution in [2.45, 2.75) is 13.5 Å². The maximum absolute atomic E-state index is 13.0. The average molecular weight is 412 g/mol. The molecule has 0 aliphatic carbocycles. The van der Waals surface area contributed by atoms with Crippen molar-refractivity contribution in [2.75, 3.05) is 40.0 Å². The number of hydrogen-bond acceptors (Lipinski definition) is 5. The smallest absolute Gasteiger partial charge is 0.319 e. The summed E-state index contributed by atoms with van der Waals surface area (Å²) < 4.78 is 12.2. The zero-order valence-corrected chi connectivity index (χ0v) is 17.0. The van der Waals surface area contributed by atoms with Crippen LogP contribution >= 0.6 is 0 Å². The number of fused-ring (bicyclic) bond motifs is 1. The van der Waals surface area contributed by atoms with Gasteiger partial charge >= 0.3 is 6.03 Å². The lowest BCUT2D eigenvalue weighted by atomic mass is 10.1. The van der Waals surface area contributed by atoms with Gasteiger partial charge in [-0.25, -0.2) is 4.79 Å². The number of aryl methyl sites for hydroxylation is 1. The number of likely N-dealkylation sites (N-methyl/N-ethyl adjacent to an activating group) is 1. The van der Waals surface area contributed by atoms with E-state index in [-0.39, 0.29) is 30.5 Å². The molecule has 158 valence electrons. The summed E-state index contributed by atoms with van der Waals surface area (Å²) in [6.07, 6.45) is 1.68. The van der Waals surface area contributed by atoms with E-state index in [4.69, 9.17) is 9.47 Å². The summed E-state index contributed by atoms with van der Waals surface area (Å²) in [5, 5.41) is 2.77. The Kier molecular flexibility index (Phi) is 5.35. The molecule has 1 aromatic carbocycles. The Morgan fingerprint density at radius 2 is 1.93 bits per heavy atom. The van der Waals surface area contributed by atoms with Crippen LogP contribution in [-0.2, 0) is 6.54 Å². The molecule has 0 atom stereocenters. The summed E-state index contributed by atoms with van der Waals surface area (Å²) in [5.41, 5.74) is 1.23. The number of carbonyl (C=O) groups is 2. The summed E-state index contributed by atoms with van der Waals surface area (Å²) in [5.74, 6) is 0.892. The Morgan fingerprint density at radius 3 is 2.70 bits per heavy atom. The van der Waals surface area contributed by atoms with Gasteiger partial charge < -0.3 is 29.2 Å². The zero-order valence-electron chi connectivity index (χ0n) is 17.0. The van der Waals surface area contributed by atoms with Gasteiger partial charge in [-0.05, 0) is 36.2 Å². The third kappa shape index (κ3) is 3.83. The SMILES string of the molecule is Cc1ccn(Cc2ccc3c(c2)OCO3)c(=O)c1C(=O)NCCN1CCN(C)C1=O. The molecule has 4 rings (SSSR count). The van der Waals surface area contributed by atoms with Gasteiger partial charge in [-0.3, -0.25) is 9.59 Å². The fraction of sp³-hybridized carbons (Fsp3) is 0.381. The monoisotopic (exact) mass is 412 g/mol. The van der Waals surface area contributed by atoms with E-state index in [0.29, 0.717) is 43.2 Å². The molecular weight excluding hydrogens is 388 g/mol. The van der Waals surface area contributed by atoms with E-state index in [2.05, 4.69) is 5.32 Å². The fourth-order valence-corrected chi connectivity index (χ4v) is 3.61. The van der Waals surface area contributed by atoms with Crippen molar-refractivity contribution < 1.29 is 19.1 Å². The number of benzene rings is 1. The van der Waals surface area contributed by atoms with E-state index < -0.39 is 5.91 Å². The van der Waals surface area contributed by atoms with Crippen LogP contribution in [0.2, 0.25) is 0 Å². The highest BCUT2D eigenvalue weighted by atomic mass is 16.7. The summed E-state index contributed by atoms with van der Waals surface area (Å²) in [4.78, 5) is 40.9. The lowest BCUT2D eigenvalue weighted by Crippen LogP contribution is -2.39. The van der Waals surface area contributed by atoms with Gasteiger partial charge in [-0.1, -0.05) is 6.07 Å². The second-order valence-corrected chi connectivity index (χ2v) is 7.44. The molecule has 3 amide bonds. The minimum Gasteiger partial charge on any atom is -0.454 e. The van der Waals surface area contributed by atoms with Gasteiger partial charge in [0.15, 0.2) is 11.5 Å². The first-order chi connectivity index (χ1) is 14.4. The van der Waals surface area contributed by atoms with Gasteiger partial charge in [0.05, 0.1) is 6.54 Å². The molecule has 9 nitrogen and oxygen atoms in total. The Bertz CT molecular complexity index is 1050. The van der Waals surface area contributed by atoms with Crippen molar-refractivity contribution in [1.29, 1.82) is 0 Å². The summed E-state index contributed by atoms with van der Waals surface area (Å²) in [6.45, 7) is 4.24. The highest BCUT2D eigenvalue weighted by molar-refractivity contribution is 5.95. The first-order valence-electron chi connectivity index (χ1n) is 9.81. The second-order valence-electron chi connectivity index (χ2n) is 7.44. The molecule has 9 heteroatoms. The predicted octanol–water partition coefficient (Wildman–Crippen LogP) is 1.03. The molecular formula is C21H24N4O5. The molecule has 2 aliphatic heterocycles. The molecule has 3 heterocycles. The lowest BCUT2D eigenvalue weighted by molar-refractivity contribution is 0.0947. The van der Waals surface area contributed by atoms with Gasteiger partial charge in [0.1, 0.15) is 5.56 Å². The highest BCUT2D eigenvalue weighted by Crippen LogP contribution is 2.32. The van der Waals surface area contributed by atoms with Crippen molar-refractivity contribution in [1.82, 2.24) is 19.7 Å². The van der Waals surface area contributed by atoms with Gasteiger partial charge in [0, 0.05) is 39.4 Å². The second kappa shape index (κ2) is 8.10. The Morgan fingerprint density at radius 1 is 1.13 bits per heavy atom. The van der Waals surface area contributed by atoms with Gasteiger partial charge in [-0.2, -0.15) is 0 Å². The third-order valence-electron chi connectivity index (χ3n) is 5.36. The highest BCUT2D eigenvalue weighted by Gasteiger charge is 2.25. The van der Waals surface area contributed by atoms with E-state index in [1.54, 1.807) is 36.0 Å². The summed E-state index contributed by atoms with van der Waals surface area (Å²) in [7, 11) is 1.75. The van der Waals surface area contributed by atoms with Crippen molar-refractivity contribution in [3.8, 4) is 11.5 Å². The van der Waals surface area contributed by atoms with E-state index in [1.807, 2.05) is 18.2 Å². The molecule has 0 saturated carbocycles. The molecule has 0 radical (unpaired) electrons. The molecule has 1 fully saturated rings. The van der Waals surface area contributed by atoms with E-state index >= 15 is 0 Å². The number of hydrogen-bond donors (Lipinski definition) is 1. The van der Waals surface area contributed by atoms with Crippen molar-refractivity contribution in [3.63, 3.8) is 0 Å². The normalized spacial score (nSPS) is 15.1. The number of pyridine rings is 1. The Labute approximate surface area is 173 Å². The van der Waals surface area contributed by atoms with E-state index in [0.717, 1.165) is 5.56 Å². The van der Waals surface area contributed by atoms with Crippen LogP contribution in [0.3, 0.4) is 0 Å². The minimum absolute atomic E-state index is 0.0498. The quantitative estimate of drug-likeness (QED) is 0.765. The average Bonchev–Trinajstić information content (AvgIpc) is 3.31. The number of aromatic nitrogens is 1. The van der Waals surface area contributed by atoms with Crippen LogP contribution in [0.25, 0.3) is 0 Å². The van der Waals surface area contributed by atoms with Crippen LogP contribution in [0, 0.1) is 6.92 Å². The molecule has 30 heavy (non-hydrogen) atoms. The number of urea groups is 1. The minimum atomic E-state index is -0.433. The van der Waals surface area contributed by atoms with Gasteiger partial charge in [0.25, 0.3) is 11.5 Å². The van der Waals surface area contributed by atoms with Crippen LogP contribution in [0.4, 0.5) is 4.79 Å². The van der Waals surface area contributed by atoms with E-state index in [1.165, 1.54) is 4.57 Å². The lowest BCUT2D eigenvalue weighted by Gasteiger charge is -2.16. The number of ether oxygens (including phenoxy) is 2. The summed E-state index contributed by atoms with van der Waals surface area (Å²) in [6, 6.07) is 7.21. The van der Waals surface area contributed by atoms with Crippen LogP contribution in [0.1, 0.15) is 21.5 Å². The van der Waals surface area contributed by atoms with Crippen molar-refractivity contribution >= 4 is 11.9 Å². The van der Waals surface area contributed by atoms with Crippen LogP contribution in [-0.4, -0.2) is 66.3 Å². The van der Waals surface area contributed by atoms with Gasteiger partial charge in [0.2, 0.25) is 6.79 Å². The van der Waals surface area contributed by atoms with Crippen LogP contribution in [0.15, 0.2) is 35.3 Å². The topological polar surface area (TPSA) is 93.1 Å². The first-order valence-corrected chi connectivity index (χ1v) is 9.81. The predicted molar refractivity (Wildman–Crippen MR) is 109 cm³/mol. The Hall–Kier alpha value is -3.49.